The highest BCUT2D eigenvalue weighted by Gasteiger charge is 2.49. The average molecular weight is 402 g/mol. The number of hydrogen-bond donors (Lipinski definition) is 1. The third kappa shape index (κ3) is 5.68. The number of amides is 1. The number of Topliss-reactive ketones (excluding diaryl/α,β-unsaturated/α-hetero) is 1. The zero-order chi connectivity index (χ0) is 20.6. The van der Waals surface area contributed by atoms with E-state index in [9.17, 15) is 29.1 Å². The first-order valence-corrected chi connectivity index (χ1v) is 9.37. The Kier molecular flexibility index (Phi) is 8.23. The van der Waals surface area contributed by atoms with Crippen LogP contribution in [0.3, 0.4) is 0 Å². The molecule has 0 aliphatic rings. The Hall–Kier alpha value is -2.62. The van der Waals surface area contributed by atoms with E-state index in [1.54, 1.807) is 0 Å². The number of ether oxygens (including phenoxy) is 1. The number of nitrogens with one attached hydrogen (secondary N) is 1. The molecule has 1 amide bonds. The predicted octanol–water partition coefficient (Wildman–Crippen LogP) is 1.91. The highest BCUT2D eigenvalue weighted by molar-refractivity contribution is 7.57. The van der Waals surface area contributed by atoms with Crippen LogP contribution in [-0.4, -0.2) is 48.6 Å². The maximum Gasteiger partial charge on any atom is 0.353 e. The number of methoxy groups -OCH3 is 1. The van der Waals surface area contributed by atoms with Gasteiger partial charge in [0.2, 0.25) is 11.4 Å². The molecule has 0 heterocycles. The number of hydrogen-bond acceptors (Lipinski definition) is 9. The molecule has 1 N–H and O–H groups in total. The number of non-ortho nitro benzene ring substituents is 1. The van der Waals surface area contributed by atoms with E-state index in [4.69, 9.17) is 9.05 Å². The molecule has 0 aromatic heterocycles. The topological polar surface area (TPSA) is 151 Å². The maximum atomic E-state index is 12.8. The van der Waals surface area contributed by atoms with Gasteiger partial charge >= 0.3 is 13.6 Å². The maximum absolute atomic E-state index is 12.8. The average Bonchev–Trinajstić information content (AvgIpc) is 2.62. The van der Waals surface area contributed by atoms with Crippen LogP contribution in [0.25, 0.3) is 0 Å². The third-order valence-electron chi connectivity index (χ3n) is 3.15. The number of benzene rings is 1. The van der Waals surface area contributed by atoms with Crippen molar-refractivity contribution in [2.75, 3.05) is 25.6 Å². The summed E-state index contributed by atoms with van der Waals surface area (Å²) < 4.78 is 27.2. The van der Waals surface area contributed by atoms with Gasteiger partial charge in [-0.3, -0.25) is 29.1 Å². The van der Waals surface area contributed by atoms with Gasteiger partial charge in [0.05, 0.1) is 25.2 Å². The summed E-state index contributed by atoms with van der Waals surface area (Å²) in [4.78, 5) is 46.8. The summed E-state index contributed by atoms with van der Waals surface area (Å²) in [6.07, 6.45) is 0. The zero-order valence-electron chi connectivity index (χ0n) is 14.9. The van der Waals surface area contributed by atoms with Gasteiger partial charge < -0.3 is 19.1 Å². The zero-order valence-corrected chi connectivity index (χ0v) is 15.8. The first-order valence-electron chi connectivity index (χ1n) is 7.76. The van der Waals surface area contributed by atoms with Crippen molar-refractivity contribution in [3.63, 3.8) is 0 Å². The Morgan fingerprint density at radius 3 is 2.30 bits per heavy atom. The number of carbonyl (C=O) groups is 3. The van der Waals surface area contributed by atoms with Gasteiger partial charge in [-0.2, -0.15) is 0 Å². The SMILES string of the molecule is CCOP(=O)(OCC)[C@@H](C(=O)OC)C(=O)C(=O)Nc1cccc([N+](=O)[O-])c1. The molecule has 1 aromatic rings. The molecule has 0 saturated carbocycles. The lowest BCUT2D eigenvalue weighted by molar-refractivity contribution is -0.384. The quantitative estimate of drug-likeness (QED) is 0.154. The number of rotatable bonds is 10. The lowest BCUT2D eigenvalue weighted by Crippen LogP contribution is -2.40. The molecule has 12 heteroatoms. The van der Waals surface area contributed by atoms with Crippen molar-refractivity contribution in [1.82, 2.24) is 0 Å². The molecule has 0 saturated heterocycles. The van der Waals surface area contributed by atoms with Crippen LogP contribution in [0.4, 0.5) is 11.4 Å². The predicted molar refractivity (Wildman–Crippen MR) is 93.4 cm³/mol. The Morgan fingerprint density at radius 2 is 1.81 bits per heavy atom. The van der Waals surface area contributed by atoms with Gasteiger partial charge in [-0.05, 0) is 19.9 Å². The van der Waals surface area contributed by atoms with Crippen molar-refractivity contribution < 1.29 is 37.7 Å². The van der Waals surface area contributed by atoms with Crippen LogP contribution >= 0.6 is 7.60 Å². The molecule has 1 atom stereocenters. The normalized spacial score (nSPS) is 12.1. The van der Waals surface area contributed by atoms with E-state index in [1.807, 2.05) is 0 Å². The molecule has 1 aromatic carbocycles. The van der Waals surface area contributed by atoms with E-state index in [1.165, 1.54) is 32.0 Å². The van der Waals surface area contributed by atoms with Crippen LogP contribution in [0, 0.1) is 10.1 Å². The van der Waals surface area contributed by atoms with Crippen molar-refractivity contribution in [3.8, 4) is 0 Å². The lowest BCUT2D eigenvalue weighted by Gasteiger charge is -2.23. The van der Waals surface area contributed by atoms with Crippen LogP contribution in [0.15, 0.2) is 24.3 Å². The Bertz CT molecular complexity index is 770. The molecule has 0 aliphatic carbocycles. The largest absolute Gasteiger partial charge is 0.468 e. The summed E-state index contributed by atoms with van der Waals surface area (Å²) in [7, 11) is -3.39. The second kappa shape index (κ2) is 9.91. The number of nitro benzene ring substituents is 1. The number of anilines is 1. The lowest BCUT2D eigenvalue weighted by atomic mass is 10.2. The van der Waals surface area contributed by atoms with E-state index in [-0.39, 0.29) is 24.6 Å². The highest BCUT2D eigenvalue weighted by Crippen LogP contribution is 2.53. The molecule has 0 aliphatic heterocycles. The van der Waals surface area contributed by atoms with Crippen molar-refractivity contribution in [2.24, 2.45) is 0 Å². The monoisotopic (exact) mass is 402 g/mol. The fourth-order valence-electron chi connectivity index (χ4n) is 2.05. The molecule has 0 spiro atoms. The number of carbonyl (C=O) groups excluding carboxylic acids is 3. The Balaban J connectivity index is 3.16. The van der Waals surface area contributed by atoms with Crippen molar-refractivity contribution in [1.29, 1.82) is 0 Å². The van der Waals surface area contributed by atoms with Crippen molar-refractivity contribution in [2.45, 2.75) is 19.5 Å². The van der Waals surface area contributed by atoms with E-state index < -0.39 is 35.8 Å². The molecule has 148 valence electrons. The molecule has 0 unspecified atom stereocenters. The number of nitrogens with zero attached hydrogens (tertiary/aromatic N) is 1. The van der Waals surface area contributed by atoms with Gasteiger partial charge in [0.1, 0.15) is 0 Å². The summed E-state index contributed by atoms with van der Waals surface area (Å²) in [6.45, 7) is 2.64. The second-order valence-electron chi connectivity index (χ2n) is 4.93. The summed E-state index contributed by atoms with van der Waals surface area (Å²) >= 11 is 0. The smallest absolute Gasteiger partial charge is 0.353 e. The summed E-state index contributed by atoms with van der Waals surface area (Å²) in [5, 5.41) is 12.9. The van der Waals surface area contributed by atoms with E-state index in [2.05, 4.69) is 10.1 Å². The molecular weight excluding hydrogens is 383 g/mol. The van der Waals surface area contributed by atoms with Crippen molar-refractivity contribution in [3.05, 3.63) is 34.4 Å². The van der Waals surface area contributed by atoms with Crippen LogP contribution in [-0.2, 0) is 32.7 Å². The van der Waals surface area contributed by atoms with Crippen LogP contribution in [0.2, 0.25) is 0 Å². The molecule has 27 heavy (non-hydrogen) atoms. The van der Waals surface area contributed by atoms with Crippen molar-refractivity contribution >= 4 is 36.6 Å². The van der Waals surface area contributed by atoms with Crippen LogP contribution in [0.1, 0.15) is 13.8 Å². The summed E-state index contributed by atoms with van der Waals surface area (Å²) in [5.41, 5.74) is -2.51. The molecule has 1 rings (SSSR count). The van der Waals surface area contributed by atoms with E-state index >= 15 is 0 Å². The Morgan fingerprint density at radius 1 is 1.22 bits per heavy atom. The summed E-state index contributed by atoms with van der Waals surface area (Å²) in [5.74, 6) is -4.01. The van der Waals surface area contributed by atoms with Gasteiger partial charge in [0.15, 0.2) is 0 Å². The molecule has 0 radical (unpaired) electrons. The highest BCUT2D eigenvalue weighted by atomic mass is 31.2. The van der Waals surface area contributed by atoms with Gasteiger partial charge in [-0.25, -0.2) is 0 Å². The van der Waals surface area contributed by atoms with Gasteiger partial charge in [-0.15, -0.1) is 0 Å². The minimum absolute atomic E-state index is 0.0613. The molecular formula is C15H19N2O9P. The fraction of sp³-hybridized carbons (Fsp3) is 0.400. The molecule has 0 bridgehead atoms. The van der Waals surface area contributed by atoms with Crippen LogP contribution in [0.5, 0.6) is 0 Å². The molecule has 0 fully saturated rings. The Labute approximate surface area is 154 Å². The fourth-order valence-corrected chi connectivity index (χ4v) is 3.91. The second-order valence-corrected chi connectivity index (χ2v) is 7.04. The van der Waals surface area contributed by atoms with Crippen LogP contribution < -0.4 is 5.32 Å². The van der Waals surface area contributed by atoms with Gasteiger partial charge in [0.25, 0.3) is 11.6 Å². The third-order valence-corrected chi connectivity index (χ3v) is 5.46. The number of nitro groups is 1. The minimum atomic E-state index is -4.34. The van der Waals surface area contributed by atoms with Gasteiger partial charge in [-0.1, -0.05) is 6.07 Å². The minimum Gasteiger partial charge on any atom is -0.468 e. The standard InChI is InChI=1S/C15H19N2O9P/c1-4-25-27(23,26-5-2)13(15(20)24-3)12(18)14(19)16-10-7-6-8-11(9-10)17(21)22/h6-9,13H,4-5H2,1-3H3,(H,16,19)/t13-/m1/s1. The first-order chi connectivity index (χ1) is 12.7. The van der Waals surface area contributed by atoms with Gasteiger partial charge in [0, 0.05) is 17.8 Å². The molecule has 11 nitrogen and oxygen atoms in total. The number of esters is 1. The summed E-state index contributed by atoms with van der Waals surface area (Å²) in [6, 6.07) is 4.80. The number of ketones is 1. The van der Waals surface area contributed by atoms with E-state index in [0.29, 0.717) is 0 Å². The first kappa shape index (κ1) is 22.4. The van der Waals surface area contributed by atoms with E-state index in [0.717, 1.165) is 13.2 Å².